The lowest BCUT2D eigenvalue weighted by Crippen LogP contribution is -2.46. The summed E-state index contributed by atoms with van der Waals surface area (Å²) >= 11 is 0. The lowest BCUT2D eigenvalue weighted by Gasteiger charge is -2.11. The maximum absolute atomic E-state index is 11.1. The van der Waals surface area contributed by atoms with Crippen LogP contribution in [-0.2, 0) is 14.4 Å². The molecule has 2 atom stereocenters. The number of carbonyl (C=O) groups excluding carboxylic acids is 2. The number of aliphatic hydroxyl groups is 1. The molecule has 0 radical (unpaired) electrons. The van der Waals surface area contributed by atoms with E-state index in [-0.39, 0.29) is 6.42 Å². The lowest BCUT2D eigenvalue weighted by molar-refractivity contribution is -0.146. The first kappa shape index (κ1) is 13.3. The van der Waals surface area contributed by atoms with Crippen LogP contribution in [0.2, 0.25) is 0 Å². The Morgan fingerprint density at radius 3 is 2.27 bits per heavy atom. The van der Waals surface area contributed by atoms with Crippen LogP contribution < -0.4 is 16.8 Å². The van der Waals surface area contributed by atoms with Crippen LogP contribution in [0.1, 0.15) is 6.42 Å². The van der Waals surface area contributed by atoms with Gasteiger partial charge in [-0.2, -0.15) is 0 Å². The van der Waals surface area contributed by atoms with E-state index >= 15 is 0 Å². The number of carboxylic acids is 1. The largest absolute Gasteiger partial charge is 0.479 e. The standard InChI is InChI=1S/C7H13N3O5/c8-3(1-5(9)12)6(13)10-2-4(11)7(14)15/h3-4,11H,1-2,8H2,(H2,9,12)(H,10,13)(H,14,15). The Hall–Kier alpha value is -1.67. The van der Waals surface area contributed by atoms with Gasteiger partial charge in [0.1, 0.15) is 0 Å². The maximum Gasteiger partial charge on any atom is 0.334 e. The number of carboxylic acid groups (broad SMARTS) is 1. The Labute approximate surface area is 85.2 Å². The molecule has 0 fully saturated rings. The zero-order valence-electron chi connectivity index (χ0n) is 7.84. The number of amides is 2. The van der Waals surface area contributed by atoms with E-state index < -0.39 is 36.5 Å². The molecule has 0 aromatic carbocycles. The van der Waals surface area contributed by atoms with Gasteiger partial charge in [-0.25, -0.2) is 4.79 Å². The van der Waals surface area contributed by atoms with Gasteiger partial charge in [0.05, 0.1) is 19.0 Å². The highest BCUT2D eigenvalue weighted by Gasteiger charge is 2.19. The number of nitrogens with two attached hydrogens (primary N) is 2. The number of hydrogen-bond acceptors (Lipinski definition) is 5. The molecule has 0 saturated heterocycles. The Balaban J connectivity index is 3.93. The van der Waals surface area contributed by atoms with Gasteiger partial charge >= 0.3 is 5.97 Å². The van der Waals surface area contributed by atoms with Crippen molar-refractivity contribution >= 4 is 17.8 Å². The molecule has 0 heterocycles. The molecule has 0 aromatic rings. The zero-order valence-corrected chi connectivity index (χ0v) is 7.84. The maximum atomic E-state index is 11.1. The third-order valence-corrected chi connectivity index (χ3v) is 1.51. The van der Waals surface area contributed by atoms with Crippen molar-refractivity contribution in [1.82, 2.24) is 5.32 Å². The van der Waals surface area contributed by atoms with E-state index in [1.54, 1.807) is 0 Å². The second-order valence-corrected chi connectivity index (χ2v) is 2.88. The first-order valence-corrected chi connectivity index (χ1v) is 4.07. The van der Waals surface area contributed by atoms with Crippen LogP contribution in [0.25, 0.3) is 0 Å². The Morgan fingerprint density at radius 1 is 1.33 bits per heavy atom. The van der Waals surface area contributed by atoms with Crippen LogP contribution in [0.4, 0.5) is 0 Å². The topological polar surface area (TPSA) is 156 Å². The van der Waals surface area contributed by atoms with Crippen LogP contribution >= 0.6 is 0 Å². The first-order chi connectivity index (χ1) is 6.84. The molecule has 2 unspecified atom stereocenters. The SMILES string of the molecule is NC(=O)CC(N)C(=O)NCC(O)C(=O)O. The van der Waals surface area contributed by atoms with Crippen LogP contribution in [0.5, 0.6) is 0 Å². The quantitative estimate of drug-likeness (QED) is 0.316. The average Bonchev–Trinajstić information content (AvgIpc) is 2.12. The molecule has 86 valence electrons. The third-order valence-electron chi connectivity index (χ3n) is 1.51. The van der Waals surface area contributed by atoms with Gasteiger partial charge in [0, 0.05) is 0 Å². The second-order valence-electron chi connectivity index (χ2n) is 2.88. The molecule has 8 heteroatoms. The molecule has 0 spiro atoms. The van der Waals surface area contributed by atoms with Gasteiger partial charge in [-0.3, -0.25) is 9.59 Å². The smallest absolute Gasteiger partial charge is 0.334 e. The summed E-state index contributed by atoms with van der Waals surface area (Å²) in [5.74, 6) is -2.94. The predicted octanol–water partition coefficient (Wildman–Crippen LogP) is -3.25. The molecular formula is C7H13N3O5. The van der Waals surface area contributed by atoms with E-state index in [1.165, 1.54) is 0 Å². The fourth-order valence-corrected chi connectivity index (χ4v) is 0.725. The molecule has 0 aliphatic rings. The summed E-state index contributed by atoms with van der Waals surface area (Å²) in [5, 5.41) is 19.1. The number of nitrogens with one attached hydrogen (secondary N) is 1. The summed E-state index contributed by atoms with van der Waals surface area (Å²) in [7, 11) is 0. The molecule has 15 heavy (non-hydrogen) atoms. The Bertz CT molecular complexity index is 267. The average molecular weight is 219 g/mol. The van der Waals surface area contributed by atoms with Gasteiger partial charge in [0.25, 0.3) is 0 Å². The van der Waals surface area contributed by atoms with Crippen LogP contribution in [-0.4, -0.2) is 46.7 Å². The van der Waals surface area contributed by atoms with Crippen molar-refractivity contribution in [3.05, 3.63) is 0 Å². The lowest BCUT2D eigenvalue weighted by atomic mass is 10.2. The predicted molar refractivity (Wildman–Crippen MR) is 48.4 cm³/mol. The van der Waals surface area contributed by atoms with E-state index in [4.69, 9.17) is 21.7 Å². The molecule has 8 nitrogen and oxygen atoms in total. The molecular weight excluding hydrogens is 206 g/mol. The van der Waals surface area contributed by atoms with E-state index in [0.29, 0.717) is 0 Å². The third kappa shape index (κ3) is 5.60. The van der Waals surface area contributed by atoms with Crippen molar-refractivity contribution in [3.63, 3.8) is 0 Å². The number of rotatable bonds is 6. The molecule has 0 rings (SSSR count). The normalized spacial score (nSPS) is 14.0. The highest BCUT2D eigenvalue weighted by Crippen LogP contribution is 1.88. The van der Waals surface area contributed by atoms with Gasteiger partial charge in [-0.05, 0) is 0 Å². The molecule has 7 N–H and O–H groups in total. The van der Waals surface area contributed by atoms with Gasteiger partial charge in [0.15, 0.2) is 6.10 Å². The highest BCUT2D eigenvalue weighted by molar-refractivity contribution is 5.87. The highest BCUT2D eigenvalue weighted by atomic mass is 16.4. The van der Waals surface area contributed by atoms with Crippen LogP contribution in [0.3, 0.4) is 0 Å². The minimum absolute atomic E-state index is 0.338. The fourth-order valence-electron chi connectivity index (χ4n) is 0.725. The Morgan fingerprint density at radius 2 is 1.87 bits per heavy atom. The zero-order chi connectivity index (χ0) is 12.0. The van der Waals surface area contributed by atoms with Crippen molar-refractivity contribution in [2.45, 2.75) is 18.6 Å². The van der Waals surface area contributed by atoms with Gasteiger partial charge in [-0.15, -0.1) is 0 Å². The monoisotopic (exact) mass is 219 g/mol. The van der Waals surface area contributed by atoms with E-state index in [1.807, 2.05) is 0 Å². The van der Waals surface area contributed by atoms with Crippen molar-refractivity contribution in [1.29, 1.82) is 0 Å². The number of carbonyl (C=O) groups is 3. The molecule has 0 saturated carbocycles. The summed E-state index contributed by atoms with van der Waals surface area (Å²) in [4.78, 5) is 31.6. The summed E-state index contributed by atoms with van der Waals surface area (Å²) in [6, 6.07) is -1.14. The first-order valence-electron chi connectivity index (χ1n) is 4.07. The van der Waals surface area contributed by atoms with Crippen LogP contribution in [0.15, 0.2) is 0 Å². The number of aliphatic hydroxyl groups excluding tert-OH is 1. The minimum atomic E-state index is -1.70. The van der Waals surface area contributed by atoms with Gasteiger partial charge in [-0.1, -0.05) is 0 Å². The summed E-state index contributed by atoms with van der Waals surface area (Å²) in [6.45, 7) is -0.472. The molecule has 0 bridgehead atoms. The van der Waals surface area contributed by atoms with E-state index in [9.17, 15) is 14.4 Å². The molecule has 0 aromatic heterocycles. The second kappa shape index (κ2) is 5.94. The van der Waals surface area contributed by atoms with Gasteiger partial charge < -0.3 is 27.0 Å². The fraction of sp³-hybridized carbons (Fsp3) is 0.571. The van der Waals surface area contributed by atoms with Crippen molar-refractivity contribution in [2.24, 2.45) is 11.5 Å². The van der Waals surface area contributed by atoms with E-state index in [0.717, 1.165) is 0 Å². The van der Waals surface area contributed by atoms with Crippen LogP contribution in [0, 0.1) is 0 Å². The molecule has 2 amide bonds. The number of primary amides is 1. The van der Waals surface area contributed by atoms with E-state index in [2.05, 4.69) is 5.32 Å². The van der Waals surface area contributed by atoms with Gasteiger partial charge in [0.2, 0.25) is 11.8 Å². The van der Waals surface area contributed by atoms with Crippen molar-refractivity contribution < 1.29 is 24.6 Å². The summed E-state index contributed by atoms with van der Waals surface area (Å²) in [5.41, 5.74) is 10.0. The number of aliphatic carboxylic acids is 1. The molecule has 0 aliphatic carbocycles. The minimum Gasteiger partial charge on any atom is -0.479 e. The molecule has 0 aliphatic heterocycles. The van der Waals surface area contributed by atoms with Crippen molar-refractivity contribution in [3.8, 4) is 0 Å². The summed E-state index contributed by atoms with van der Waals surface area (Å²) in [6.07, 6.45) is -2.04. The van der Waals surface area contributed by atoms with Crippen molar-refractivity contribution in [2.75, 3.05) is 6.54 Å². The summed E-state index contributed by atoms with van der Waals surface area (Å²) < 4.78 is 0. The Kier molecular flexibility index (Phi) is 5.27. The number of hydrogen-bond donors (Lipinski definition) is 5.